The number of benzene rings is 1. The van der Waals surface area contributed by atoms with Gasteiger partial charge in [-0.15, -0.1) is 0 Å². The molecule has 0 saturated carbocycles. The largest absolute Gasteiger partial charge is 0.338 e. The van der Waals surface area contributed by atoms with Crippen molar-refractivity contribution < 1.29 is 8.91 Å². The number of halogens is 1. The third-order valence-electron chi connectivity index (χ3n) is 3.68. The summed E-state index contributed by atoms with van der Waals surface area (Å²) in [6.45, 7) is 2.56. The minimum Gasteiger partial charge on any atom is -0.338 e. The van der Waals surface area contributed by atoms with Gasteiger partial charge in [-0.25, -0.2) is 4.39 Å². The van der Waals surface area contributed by atoms with Crippen LogP contribution in [0.25, 0.3) is 0 Å². The van der Waals surface area contributed by atoms with Crippen LogP contribution in [0.5, 0.6) is 0 Å². The maximum atomic E-state index is 13.6. The van der Waals surface area contributed by atoms with Crippen molar-refractivity contribution in [2.24, 2.45) is 0 Å². The molecule has 24 heavy (non-hydrogen) atoms. The summed E-state index contributed by atoms with van der Waals surface area (Å²) >= 11 is 0. The number of hydrogen-bond acceptors (Lipinski definition) is 5. The Labute approximate surface area is 139 Å². The van der Waals surface area contributed by atoms with Crippen LogP contribution in [0.1, 0.15) is 29.8 Å². The van der Waals surface area contributed by atoms with E-state index in [1.165, 1.54) is 11.6 Å². The zero-order valence-corrected chi connectivity index (χ0v) is 13.4. The maximum absolute atomic E-state index is 13.6. The second-order valence-corrected chi connectivity index (χ2v) is 5.72. The molecule has 0 amide bonds. The lowest BCUT2D eigenvalue weighted by Gasteiger charge is -2.11. The minimum atomic E-state index is -0.257. The average molecular weight is 326 g/mol. The molecule has 0 aliphatic rings. The van der Waals surface area contributed by atoms with Crippen molar-refractivity contribution in [1.82, 2.24) is 20.4 Å². The first-order chi connectivity index (χ1) is 11.7. The van der Waals surface area contributed by atoms with Gasteiger partial charge in [-0.3, -0.25) is 4.98 Å². The molecule has 0 spiro atoms. The van der Waals surface area contributed by atoms with E-state index in [1.54, 1.807) is 24.4 Å². The highest BCUT2D eigenvalue weighted by Gasteiger charge is 2.11. The van der Waals surface area contributed by atoms with Gasteiger partial charge in [0.15, 0.2) is 5.82 Å². The molecule has 6 heteroatoms. The van der Waals surface area contributed by atoms with Crippen molar-refractivity contribution in [2.75, 3.05) is 0 Å². The Bertz CT molecular complexity index is 775. The van der Waals surface area contributed by atoms with Crippen molar-refractivity contribution >= 4 is 0 Å². The first kappa shape index (κ1) is 16.3. The quantitative estimate of drug-likeness (QED) is 0.723. The van der Waals surface area contributed by atoms with Crippen LogP contribution in [0.4, 0.5) is 4.39 Å². The molecule has 1 aromatic carbocycles. The van der Waals surface area contributed by atoms with Gasteiger partial charge < -0.3 is 9.84 Å². The van der Waals surface area contributed by atoms with Gasteiger partial charge in [-0.05, 0) is 36.6 Å². The summed E-state index contributed by atoms with van der Waals surface area (Å²) in [5, 5.41) is 7.25. The van der Waals surface area contributed by atoms with Crippen LogP contribution >= 0.6 is 0 Å². The van der Waals surface area contributed by atoms with Gasteiger partial charge in [0, 0.05) is 24.9 Å². The summed E-state index contributed by atoms with van der Waals surface area (Å²) in [5.41, 5.74) is 1.73. The lowest BCUT2D eigenvalue weighted by Crippen LogP contribution is -2.27. The van der Waals surface area contributed by atoms with Gasteiger partial charge in [-0.1, -0.05) is 29.4 Å². The molecule has 1 N–H and O–H groups in total. The number of rotatable bonds is 7. The van der Waals surface area contributed by atoms with E-state index < -0.39 is 0 Å². The summed E-state index contributed by atoms with van der Waals surface area (Å²) in [4.78, 5) is 8.41. The van der Waals surface area contributed by atoms with E-state index in [0.29, 0.717) is 30.2 Å². The van der Waals surface area contributed by atoms with Gasteiger partial charge in [0.05, 0.1) is 6.54 Å². The van der Waals surface area contributed by atoms with E-state index in [0.717, 1.165) is 6.42 Å². The monoisotopic (exact) mass is 326 g/mol. The van der Waals surface area contributed by atoms with Crippen molar-refractivity contribution in [3.63, 3.8) is 0 Å². The van der Waals surface area contributed by atoms with E-state index >= 15 is 0 Å². The highest BCUT2D eigenvalue weighted by molar-refractivity contribution is 5.20. The van der Waals surface area contributed by atoms with Crippen LogP contribution < -0.4 is 5.32 Å². The number of nitrogens with one attached hydrogen (secondary N) is 1. The summed E-state index contributed by atoms with van der Waals surface area (Å²) in [7, 11) is 0. The second kappa shape index (κ2) is 7.79. The first-order valence-corrected chi connectivity index (χ1v) is 7.88. The van der Waals surface area contributed by atoms with Gasteiger partial charge in [-0.2, -0.15) is 4.98 Å². The predicted molar refractivity (Wildman–Crippen MR) is 87.7 cm³/mol. The minimum absolute atomic E-state index is 0.246. The standard InChI is InChI=1S/C18H19FN4O/c1-13(9-14-5-4-8-20-11-14)21-12-18-22-17(23-24-18)10-15-6-2-3-7-16(15)19/h2-8,11,13,21H,9-10,12H2,1H3/t13-/m1/s1. The number of hydrogen-bond donors (Lipinski definition) is 1. The molecule has 124 valence electrons. The van der Waals surface area contributed by atoms with Crippen molar-refractivity contribution in [1.29, 1.82) is 0 Å². The second-order valence-electron chi connectivity index (χ2n) is 5.72. The van der Waals surface area contributed by atoms with Gasteiger partial charge in [0.25, 0.3) is 0 Å². The molecule has 0 bridgehead atoms. The molecule has 1 atom stereocenters. The zero-order valence-electron chi connectivity index (χ0n) is 13.4. The van der Waals surface area contributed by atoms with Gasteiger partial charge in [0.2, 0.25) is 5.89 Å². The smallest absolute Gasteiger partial charge is 0.240 e. The number of pyridine rings is 1. The number of nitrogens with zero attached hydrogens (tertiary/aromatic N) is 3. The molecule has 2 aromatic heterocycles. The van der Waals surface area contributed by atoms with E-state index in [4.69, 9.17) is 4.52 Å². The van der Waals surface area contributed by atoms with E-state index in [1.807, 2.05) is 18.3 Å². The highest BCUT2D eigenvalue weighted by atomic mass is 19.1. The molecule has 0 radical (unpaired) electrons. The highest BCUT2D eigenvalue weighted by Crippen LogP contribution is 2.11. The summed E-state index contributed by atoms with van der Waals surface area (Å²) in [6.07, 6.45) is 4.81. The summed E-state index contributed by atoms with van der Waals surface area (Å²) < 4.78 is 18.9. The molecule has 0 aliphatic carbocycles. The lowest BCUT2D eigenvalue weighted by atomic mass is 10.1. The normalized spacial score (nSPS) is 12.2. The molecule has 5 nitrogen and oxygen atoms in total. The SMILES string of the molecule is C[C@H](Cc1cccnc1)NCc1nc(Cc2ccccc2F)no1. The fourth-order valence-electron chi connectivity index (χ4n) is 2.45. The fourth-order valence-corrected chi connectivity index (χ4v) is 2.45. The molecule has 3 rings (SSSR count). The Kier molecular flexibility index (Phi) is 5.28. The van der Waals surface area contributed by atoms with Crippen LogP contribution in [-0.2, 0) is 19.4 Å². The molecular weight excluding hydrogens is 307 g/mol. The first-order valence-electron chi connectivity index (χ1n) is 7.88. The Morgan fingerprint density at radius 1 is 1.21 bits per heavy atom. The molecular formula is C18H19FN4O. The molecule has 0 aliphatic heterocycles. The number of aromatic nitrogens is 3. The third kappa shape index (κ3) is 4.45. The molecule has 3 aromatic rings. The van der Waals surface area contributed by atoms with Crippen LogP contribution in [0.2, 0.25) is 0 Å². The third-order valence-corrected chi connectivity index (χ3v) is 3.68. The van der Waals surface area contributed by atoms with Crippen molar-refractivity contribution in [2.45, 2.75) is 32.4 Å². The van der Waals surface area contributed by atoms with E-state index in [9.17, 15) is 4.39 Å². The van der Waals surface area contributed by atoms with Gasteiger partial charge in [0.1, 0.15) is 5.82 Å². The Hall–Kier alpha value is -2.60. The summed E-state index contributed by atoms with van der Waals surface area (Å²) in [6, 6.07) is 10.8. The molecule has 0 saturated heterocycles. The topological polar surface area (TPSA) is 63.8 Å². The zero-order chi connectivity index (χ0) is 16.8. The summed E-state index contributed by atoms with van der Waals surface area (Å²) in [5.74, 6) is 0.725. The van der Waals surface area contributed by atoms with Crippen LogP contribution in [0.15, 0.2) is 53.3 Å². The Morgan fingerprint density at radius 2 is 2.08 bits per heavy atom. The van der Waals surface area contributed by atoms with Crippen LogP contribution in [-0.4, -0.2) is 21.2 Å². The van der Waals surface area contributed by atoms with Crippen LogP contribution in [0.3, 0.4) is 0 Å². The van der Waals surface area contributed by atoms with E-state index in [2.05, 4.69) is 27.4 Å². The molecule has 0 fully saturated rings. The predicted octanol–water partition coefficient (Wildman–Crippen LogP) is 2.92. The average Bonchev–Trinajstić information content (AvgIpc) is 3.04. The van der Waals surface area contributed by atoms with Gasteiger partial charge >= 0.3 is 0 Å². The Balaban J connectivity index is 1.52. The Morgan fingerprint density at radius 3 is 2.88 bits per heavy atom. The van der Waals surface area contributed by atoms with Crippen molar-refractivity contribution in [3.8, 4) is 0 Å². The fraction of sp³-hybridized carbons (Fsp3) is 0.278. The van der Waals surface area contributed by atoms with E-state index in [-0.39, 0.29) is 11.9 Å². The lowest BCUT2D eigenvalue weighted by molar-refractivity contribution is 0.355. The molecule has 2 heterocycles. The maximum Gasteiger partial charge on any atom is 0.240 e. The molecule has 0 unspecified atom stereocenters. The van der Waals surface area contributed by atoms with Crippen molar-refractivity contribution in [3.05, 3.63) is 77.5 Å². The van der Waals surface area contributed by atoms with Crippen LogP contribution in [0, 0.1) is 5.82 Å².